The first kappa shape index (κ1) is 20.7. The van der Waals surface area contributed by atoms with Crippen LogP contribution in [-0.2, 0) is 20.4 Å². The maximum Gasteiger partial charge on any atom is 0.216 e. The Hall–Kier alpha value is -1.64. The first-order valence-corrected chi connectivity index (χ1v) is 10.4. The lowest BCUT2D eigenvalue weighted by molar-refractivity contribution is -0.119. The Morgan fingerprint density at radius 3 is 2.58 bits per heavy atom. The summed E-state index contributed by atoms with van der Waals surface area (Å²) in [6, 6.07) is 6.47. The molecule has 0 radical (unpaired) electrons. The van der Waals surface area contributed by atoms with Gasteiger partial charge in [-0.15, -0.1) is 0 Å². The third kappa shape index (κ3) is 4.96. The largest absolute Gasteiger partial charge is 0.492 e. The number of nitrogens with one attached hydrogen (secondary N) is 2. The van der Waals surface area contributed by atoms with Gasteiger partial charge in [-0.25, -0.2) is 13.1 Å². The van der Waals surface area contributed by atoms with Gasteiger partial charge in [0.1, 0.15) is 18.0 Å². The predicted octanol–water partition coefficient (Wildman–Crippen LogP) is 1.27. The van der Waals surface area contributed by atoms with Crippen LogP contribution in [0.1, 0.15) is 45.6 Å². The van der Waals surface area contributed by atoms with Crippen molar-refractivity contribution in [2.45, 2.75) is 56.9 Å². The predicted molar refractivity (Wildman–Crippen MR) is 99.3 cm³/mol. The van der Waals surface area contributed by atoms with Crippen LogP contribution in [0.2, 0.25) is 0 Å². The van der Waals surface area contributed by atoms with E-state index in [4.69, 9.17) is 4.74 Å². The van der Waals surface area contributed by atoms with Crippen molar-refractivity contribution < 1.29 is 23.1 Å². The summed E-state index contributed by atoms with van der Waals surface area (Å²) in [4.78, 5) is 10.8. The summed E-state index contributed by atoms with van der Waals surface area (Å²) in [5.41, 5.74) is -0.558. The van der Waals surface area contributed by atoms with E-state index < -0.39 is 26.9 Å². The molecule has 0 bridgehead atoms. The summed E-state index contributed by atoms with van der Waals surface area (Å²) in [5, 5.41) is 13.2. The fourth-order valence-electron chi connectivity index (χ4n) is 3.06. The van der Waals surface area contributed by atoms with Crippen LogP contribution in [0.5, 0.6) is 5.75 Å². The Morgan fingerprint density at radius 2 is 2.00 bits per heavy atom. The molecule has 7 nitrogen and oxygen atoms in total. The summed E-state index contributed by atoms with van der Waals surface area (Å²) in [6.07, 6.45) is 1.84. The minimum Gasteiger partial charge on any atom is -0.492 e. The molecule has 1 aliphatic rings. The van der Waals surface area contributed by atoms with Gasteiger partial charge in [-0.2, -0.15) is 0 Å². The Bertz CT molecular complexity index is 718. The zero-order valence-electron chi connectivity index (χ0n) is 15.5. The van der Waals surface area contributed by atoms with Crippen LogP contribution in [0.3, 0.4) is 0 Å². The van der Waals surface area contributed by atoms with Gasteiger partial charge < -0.3 is 15.2 Å². The monoisotopic (exact) mass is 384 g/mol. The number of hydrogen-bond acceptors (Lipinski definition) is 5. The van der Waals surface area contributed by atoms with Crippen molar-refractivity contribution in [3.8, 4) is 5.75 Å². The number of rotatable bonds is 8. The first-order chi connectivity index (χ1) is 12.1. The molecular formula is C18H28N2O5S. The molecule has 1 aliphatic carbocycles. The lowest BCUT2D eigenvalue weighted by Gasteiger charge is -2.31. The average Bonchev–Trinajstić information content (AvgIpc) is 2.93. The van der Waals surface area contributed by atoms with Gasteiger partial charge in [0.25, 0.3) is 0 Å². The highest BCUT2D eigenvalue weighted by molar-refractivity contribution is 7.90. The van der Waals surface area contributed by atoms with E-state index in [0.717, 1.165) is 6.42 Å². The number of sulfonamides is 1. The van der Waals surface area contributed by atoms with E-state index in [1.807, 2.05) is 0 Å². The number of carbonyl (C=O) groups is 1. The van der Waals surface area contributed by atoms with Crippen molar-refractivity contribution in [2.75, 3.05) is 13.2 Å². The summed E-state index contributed by atoms with van der Waals surface area (Å²) >= 11 is 0. The molecule has 146 valence electrons. The van der Waals surface area contributed by atoms with Crippen LogP contribution in [0.15, 0.2) is 24.3 Å². The van der Waals surface area contributed by atoms with Crippen LogP contribution in [-0.4, -0.2) is 43.9 Å². The molecule has 2 atom stereocenters. The van der Waals surface area contributed by atoms with Crippen LogP contribution >= 0.6 is 0 Å². The minimum atomic E-state index is -3.46. The molecule has 0 saturated heterocycles. The number of carbonyl (C=O) groups excluding carboxylic acids is 1. The highest BCUT2D eigenvalue weighted by atomic mass is 32.2. The molecule has 2 unspecified atom stereocenters. The third-order valence-corrected chi connectivity index (χ3v) is 6.51. The Balaban J connectivity index is 2.05. The first-order valence-electron chi connectivity index (χ1n) is 8.86. The molecule has 1 fully saturated rings. The van der Waals surface area contributed by atoms with E-state index >= 15 is 0 Å². The molecule has 0 heterocycles. The summed E-state index contributed by atoms with van der Waals surface area (Å²) in [5.74, 6) is 0.516. The van der Waals surface area contributed by atoms with E-state index in [0.29, 0.717) is 37.3 Å². The fraction of sp³-hybridized carbons (Fsp3) is 0.611. The standard InChI is InChI=1S/C18H28N2O5S/c1-13(2)26(23,24)20-17-5-4-10-18(17,22)15-6-8-16(9-7-15)25-12-11-19-14(3)21/h6-9,13,17,20,22H,4-5,10-12H2,1-3H3,(H,19,21). The molecule has 0 spiro atoms. The minimum absolute atomic E-state index is 0.109. The van der Waals surface area contributed by atoms with Crippen molar-refractivity contribution >= 4 is 15.9 Å². The smallest absolute Gasteiger partial charge is 0.216 e. The summed E-state index contributed by atoms with van der Waals surface area (Å²) in [6.45, 7) is 5.44. The molecule has 1 aromatic carbocycles. The van der Waals surface area contributed by atoms with Gasteiger partial charge in [0, 0.05) is 6.92 Å². The van der Waals surface area contributed by atoms with Gasteiger partial charge in [0.15, 0.2) is 0 Å². The Labute approximate surface area is 155 Å². The number of hydrogen-bond donors (Lipinski definition) is 3. The normalized spacial score (nSPS) is 23.2. The van der Waals surface area contributed by atoms with Gasteiger partial charge in [0.05, 0.1) is 17.8 Å². The SMILES string of the molecule is CC(=O)NCCOc1ccc(C2(O)CCCC2NS(=O)(=O)C(C)C)cc1. The van der Waals surface area contributed by atoms with Gasteiger partial charge in [-0.3, -0.25) is 4.79 Å². The zero-order chi connectivity index (χ0) is 19.4. The van der Waals surface area contributed by atoms with Gasteiger partial charge in [-0.05, 0) is 50.8 Å². The Kier molecular flexibility index (Phi) is 6.65. The molecule has 0 aliphatic heterocycles. The molecule has 0 aromatic heterocycles. The van der Waals surface area contributed by atoms with E-state index in [1.54, 1.807) is 38.1 Å². The van der Waals surface area contributed by atoms with Gasteiger partial charge in [-0.1, -0.05) is 12.1 Å². The highest BCUT2D eigenvalue weighted by Crippen LogP contribution is 2.40. The van der Waals surface area contributed by atoms with Crippen LogP contribution in [0, 0.1) is 0 Å². The molecule has 26 heavy (non-hydrogen) atoms. The van der Waals surface area contributed by atoms with Crippen molar-refractivity contribution in [1.29, 1.82) is 0 Å². The van der Waals surface area contributed by atoms with E-state index in [-0.39, 0.29) is 5.91 Å². The molecule has 1 saturated carbocycles. The van der Waals surface area contributed by atoms with Gasteiger partial charge in [0.2, 0.25) is 15.9 Å². The maximum atomic E-state index is 12.2. The topological polar surface area (TPSA) is 105 Å². The molecule has 1 amide bonds. The second-order valence-corrected chi connectivity index (χ2v) is 9.21. The molecule has 8 heteroatoms. The quantitative estimate of drug-likeness (QED) is 0.586. The van der Waals surface area contributed by atoms with Gasteiger partial charge >= 0.3 is 0 Å². The Morgan fingerprint density at radius 1 is 1.35 bits per heavy atom. The van der Waals surface area contributed by atoms with Crippen molar-refractivity contribution in [2.24, 2.45) is 0 Å². The second kappa shape index (κ2) is 8.37. The summed E-state index contributed by atoms with van der Waals surface area (Å²) in [7, 11) is -3.46. The van der Waals surface area contributed by atoms with Crippen molar-refractivity contribution in [3.63, 3.8) is 0 Å². The van der Waals surface area contributed by atoms with E-state index in [9.17, 15) is 18.3 Å². The number of amides is 1. The summed E-state index contributed by atoms with van der Waals surface area (Å²) < 4.78 is 32.6. The lowest BCUT2D eigenvalue weighted by Crippen LogP contribution is -2.48. The lowest BCUT2D eigenvalue weighted by atomic mass is 9.89. The molecule has 1 aromatic rings. The number of aliphatic hydroxyl groups is 1. The van der Waals surface area contributed by atoms with Crippen LogP contribution in [0.25, 0.3) is 0 Å². The van der Waals surface area contributed by atoms with Crippen LogP contribution in [0.4, 0.5) is 0 Å². The number of ether oxygens (including phenoxy) is 1. The second-order valence-electron chi connectivity index (χ2n) is 6.94. The average molecular weight is 384 g/mol. The molecular weight excluding hydrogens is 356 g/mol. The van der Waals surface area contributed by atoms with Crippen molar-refractivity contribution in [1.82, 2.24) is 10.0 Å². The third-order valence-electron chi connectivity index (χ3n) is 4.65. The zero-order valence-corrected chi connectivity index (χ0v) is 16.3. The molecule has 3 N–H and O–H groups in total. The number of benzene rings is 1. The highest BCUT2D eigenvalue weighted by Gasteiger charge is 2.44. The fourth-order valence-corrected chi connectivity index (χ4v) is 4.04. The van der Waals surface area contributed by atoms with Crippen molar-refractivity contribution in [3.05, 3.63) is 29.8 Å². The molecule has 2 rings (SSSR count). The van der Waals surface area contributed by atoms with Crippen LogP contribution < -0.4 is 14.8 Å². The maximum absolute atomic E-state index is 12.2. The van der Waals surface area contributed by atoms with E-state index in [2.05, 4.69) is 10.0 Å². The van der Waals surface area contributed by atoms with E-state index in [1.165, 1.54) is 6.92 Å².